The topological polar surface area (TPSA) is 128 Å². The van der Waals surface area contributed by atoms with Crippen LogP contribution in [-0.2, 0) is 9.53 Å². The van der Waals surface area contributed by atoms with Gasteiger partial charge in [-0.25, -0.2) is 0 Å². The molecule has 0 bridgehead atoms. The van der Waals surface area contributed by atoms with E-state index in [1.807, 2.05) is 0 Å². The molecule has 0 aliphatic carbocycles. The Kier molecular flexibility index (Phi) is 4.94. The molecule has 0 aliphatic rings. The van der Waals surface area contributed by atoms with Crippen LogP contribution in [0.2, 0.25) is 0 Å². The summed E-state index contributed by atoms with van der Waals surface area (Å²) in [5.74, 6) is -1.04. The highest BCUT2D eigenvalue weighted by Crippen LogP contribution is 2.17. The molecule has 98 valence electrons. The Morgan fingerprint density at radius 2 is 2.11 bits per heavy atom. The van der Waals surface area contributed by atoms with E-state index < -0.39 is 11.8 Å². The van der Waals surface area contributed by atoms with Gasteiger partial charge in [0.15, 0.2) is 0 Å². The van der Waals surface area contributed by atoms with Crippen LogP contribution in [-0.4, -0.2) is 36.7 Å². The molecule has 18 heavy (non-hydrogen) atoms. The molecule has 7 heteroatoms. The third-order valence-corrected chi connectivity index (χ3v) is 2.06. The first-order valence-corrected chi connectivity index (χ1v) is 5.23. The van der Waals surface area contributed by atoms with E-state index in [9.17, 15) is 14.7 Å². The number of aromatic hydroxyl groups is 1. The van der Waals surface area contributed by atoms with Crippen molar-refractivity contribution in [2.75, 3.05) is 25.5 Å². The van der Waals surface area contributed by atoms with Crippen LogP contribution in [0.25, 0.3) is 0 Å². The number of carbonyl (C=O) groups is 2. The maximum atomic E-state index is 11.7. The van der Waals surface area contributed by atoms with Gasteiger partial charge in [0, 0.05) is 12.2 Å². The van der Waals surface area contributed by atoms with E-state index >= 15 is 0 Å². The molecule has 0 aromatic heterocycles. The van der Waals surface area contributed by atoms with Crippen LogP contribution < -0.4 is 16.8 Å². The predicted molar refractivity (Wildman–Crippen MR) is 64.9 cm³/mol. The van der Waals surface area contributed by atoms with Gasteiger partial charge in [-0.05, 0) is 18.2 Å². The lowest BCUT2D eigenvalue weighted by Crippen LogP contribution is -2.29. The molecule has 6 N–H and O–H groups in total. The van der Waals surface area contributed by atoms with Crippen molar-refractivity contribution in [1.82, 2.24) is 5.32 Å². The fraction of sp³-hybridized carbons (Fsp3) is 0.273. The van der Waals surface area contributed by atoms with E-state index in [4.69, 9.17) is 16.2 Å². The van der Waals surface area contributed by atoms with Crippen LogP contribution in [0.3, 0.4) is 0 Å². The summed E-state index contributed by atoms with van der Waals surface area (Å²) in [6.07, 6.45) is 0. The van der Waals surface area contributed by atoms with Crippen molar-refractivity contribution in [2.45, 2.75) is 0 Å². The summed E-state index contributed by atoms with van der Waals surface area (Å²) in [6, 6.07) is 4.10. The van der Waals surface area contributed by atoms with E-state index in [0.29, 0.717) is 0 Å². The Balaban J connectivity index is 2.41. The second kappa shape index (κ2) is 6.45. The zero-order chi connectivity index (χ0) is 13.5. The number of nitrogens with one attached hydrogen (secondary N) is 1. The van der Waals surface area contributed by atoms with Gasteiger partial charge in [-0.15, -0.1) is 0 Å². The molecule has 0 spiro atoms. The predicted octanol–water partition coefficient (Wildman–Crippen LogP) is -0.794. The van der Waals surface area contributed by atoms with Crippen LogP contribution in [0.5, 0.6) is 5.75 Å². The van der Waals surface area contributed by atoms with Crippen LogP contribution in [0, 0.1) is 0 Å². The summed E-state index contributed by atoms with van der Waals surface area (Å²) in [5, 5.41) is 11.8. The molecule has 0 aliphatic heterocycles. The van der Waals surface area contributed by atoms with Gasteiger partial charge in [0.2, 0.25) is 5.91 Å². The first kappa shape index (κ1) is 13.8. The molecule has 0 heterocycles. The van der Waals surface area contributed by atoms with Crippen molar-refractivity contribution >= 4 is 17.5 Å². The molecule has 1 aromatic rings. The number of ether oxygens (including phenoxy) is 1. The average Bonchev–Trinajstić information content (AvgIpc) is 2.31. The summed E-state index contributed by atoms with van der Waals surface area (Å²) >= 11 is 0. The van der Waals surface area contributed by atoms with Gasteiger partial charge in [0.05, 0.1) is 12.2 Å². The molecule has 0 atom stereocenters. The van der Waals surface area contributed by atoms with Gasteiger partial charge < -0.3 is 26.6 Å². The van der Waals surface area contributed by atoms with Gasteiger partial charge in [0.25, 0.3) is 5.91 Å². The highest BCUT2D eigenvalue weighted by atomic mass is 16.5. The fourth-order valence-electron chi connectivity index (χ4n) is 1.25. The maximum Gasteiger partial charge on any atom is 0.253 e. The van der Waals surface area contributed by atoms with Crippen molar-refractivity contribution in [2.24, 2.45) is 5.73 Å². The second-order valence-corrected chi connectivity index (χ2v) is 3.55. The zero-order valence-corrected chi connectivity index (χ0v) is 9.68. The number of hydrogen-bond acceptors (Lipinski definition) is 5. The molecule has 0 saturated carbocycles. The van der Waals surface area contributed by atoms with Crippen LogP contribution in [0.1, 0.15) is 10.4 Å². The minimum absolute atomic E-state index is 0.0423. The Hall–Kier alpha value is -2.28. The highest BCUT2D eigenvalue weighted by Gasteiger charge is 2.09. The van der Waals surface area contributed by atoms with E-state index in [2.05, 4.69) is 5.32 Å². The van der Waals surface area contributed by atoms with E-state index in [0.717, 1.165) is 0 Å². The van der Waals surface area contributed by atoms with Crippen LogP contribution >= 0.6 is 0 Å². The van der Waals surface area contributed by atoms with Gasteiger partial charge in [-0.1, -0.05) is 0 Å². The van der Waals surface area contributed by atoms with Crippen molar-refractivity contribution in [3.05, 3.63) is 23.8 Å². The number of phenols is 1. The summed E-state index contributed by atoms with van der Waals surface area (Å²) in [7, 11) is 0. The number of primary amides is 1. The summed E-state index contributed by atoms with van der Waals surface area (Å²) in [6.45, 7) is 0.179. The van der Waals surface area contributed by atoms with E-state index in [1.54, 1.807) is 0 Å². The first-order chi connectivity index (χ1) is 8.50. The third kappa shape index (κ3) is 4.30. The summed E-state index contributed by atoms with van der Waals surface area (Å²) < 4.78 is 4.87. The van der Waals surface area contributed by atoms with Gasteiger partial charge in [-0.2, -0.15) is 0 Å². The number of benzene rings is 1. The molecular weight excluding hydrogens is 238 g/mol. The monoisotopic (exact) mass is 253 g/mol. The Bertz CT molecular complexity index is 448. The lowest BCUT2D eigenvalue weighted by atomic mass is 10.1. The fourth-order valence-corrected chi connectivity index (χ4v) is 1.25. The highest BCUT2D eigenvalue weighted by molar-refractivity contribution is 5.99. The minimum Gasteiger partial charge on any atom is -0.508 e. The largest absolute Gasteiger partial charge is 0.508 e. The van der Waals surface area contributed by atoms with Crippen molar-refractivity contribution in [1.29, 1.82) is 0 Å². The van der Waals surface area contributed by atoms with Crippen molar-refractivity contribution < 1.29 is 19.4 Å². The van der Waals surface area contributed by atoms with Crippen LogP contribution in [0.4, 0.5) is 5.69 Å². The number of rotatable bonds is 6. The van der Waals surface area contributed by atoms with Gasteiger partial charge >= 0.3 is 0 Å². The quantitative estimate of drug-likeness (QED) is 0.300. The number of amides is 2. The second-order valence-electron chi connectivity index (χ2n) is 3.55. The number of anilines is 1. The van der Waals surface area contributed by atoms with E-state index in [1.165, 1.54) is 18.2 Å². The molecule has 2 amide bonds. The van der Waals surface area contributed by atoms with Gasteiger partial charge in [-0.3, -0.25) is 9.59 Å². The summed E-state index contributed by atoms with van der Waals surface area (Å²) in [5.41, 5.74) is 10.9. The smallest absolute Gasteiger partial charge is 0.253 e. The minimum atomic E-state index is -0.571. The number of carbonyl (C=O) groups excluding carboxylic acids is 2. The Labute approximate surface area is 104 Å². The standard InChI is InChI=1S/C11H15N3O4/c12-9-2-1-7(15)5-8(9)11(17)14-3-4-18-6-10(13)16/h1-2,5,15H,3-4,6,12H2,(H2,13,16)(H,14,17). The number of phenolic OH excluding ortho intramolecular Hbond substituents is 1. The van der Waals surface area contributed by atoms with E-state index in [-0.39, 0.29) is 36.8 Å². The molecule has 0 radical (unpaired) electrons. The lowest BCUT2D eigenvalue weighted by molar-refractivity contribution is -0.122. The molecule has 0 fully saturated rings. The normalized spacial score (nSPS) is 10.0. The first-order valence-electron chi connectivity index (χ1n) is 5.23. The molecule has 0 saturated heterocycles. The SMILES string of the molecule is NC(=O)COCCNC(=O)c1cc(O)ccc1N. The maximum absolute atomic E-state index is 11.7. The number of hydrogen-bond donors (Lipinski definition) is 4. The molecule has 7 nitrogen and oxygen atoms in total. The average molecular weight is 253 g/mol. The molecule has 1 rings (SSSR count). The van der Waals surface area contributed by atoms with Crippen molar-refractivity contribution in [3.63, 3.8) is 0 Å². The Morgan fingerprint density at radius 3 is 2.78 bits per heavy atom. The summed E-state index contributed by atoms with van der Waals surface area (Å²) in [4.78, 5) is 22.0. The molecule has 1 aromatic carbocycles. The number of nitrogen functional groups attached to an aromatic ring is 1. The Morgan fingerprint density at radius 1 is 1.39 bits per heavy atom. The zero-order valence-electron chi connectivity index (χ0n) is 9.68. The molecular formula is C11H15N3O4. The van der Waals surface area contributed by atoms with Crippen LogP contribution in [0.15, 0.2) is 18.2 Å². The molecule has 0 unspecified atom stereocenters. The lowest BCUT2D eigenvalue weighted by Gasteiger charge is -2.08. The van der Waals surface area contributed by atoms with Crippen molar-refractivity contribution in [3.8, 4) is 5.75 Å². The third-order valence-electron chi connectivity index (χ3n) is 2.06. The van der Waals surface area contributed by atoms with Gasteiger partial charge in [0.1, 0.15) is 12.4 Å². The number of nitrogens with two attached hydrogens (primary N) is 2.